The van der Waals surface area contributed by atoms with E-state index in [1.807, 2.05) is 36.4 Å². The second-order valence-electron chi connectivity index (χ2n) is 13.5. The highest BCUT2D eigenvalue weighted by atomic mass is 15.0. The van der Waals surface area contributed by atoms with Crippen molar-refractivity contribution in [1.29, 1.82) is 0 Å². The molecular formula is C48H29N3. The molecule has 0 bridgehead atoms. The van der Waals surface area contributed by atoms with Crippen LogP contribution in [-0.2, 0) is 5.41 Å². The van der Waals surface area contributed by atoms with E-state index in [9.17, 15) is 0 Å². The van der Waals surface area contributed by atoms with Crippen molar-refractivity contribution in [3.63, 3.8) is 0 Å². The van der Waals surface area contributed by atoms with E-state index in [-0.39, 0.29) is 0 Å². The fourth-order valence-electron chi connectivity index (χ4n) is 8.81. The Morgan fingerprint density at radius 2 is 0.784 bits per heavy atom. The number of hydrogen-bond acceptors (Lipinski definition) is 3. The molecule has 0 aliphatic heterocycles. The van der Waals surface area contributed by atoms with Crippen LogP contribution in [0.2, 0.25) is 0 Å². The van der Waals surface area contributed by atoms with Gasteiger partial charge in [0.25, 0.3) is 0 Å². The molecule has 2 aliphatic rings. The summed E-state index contributed by atoms with van der Waals surface area (Å²) in [5, 5.41) is 5.31. The second-order valence-corrected chi connectivity index (χ2v) is 13.5. The Labute approximate surface area is 295 Å². The number of nitrogens with zero attached hydrogens (tertiary/aromatic N) is 3. The Kier molecular flexibility index (Phi) is 5.88. The van der Waals surface area contributed by atoms with Crippen molar-refractivity contribution in [2.24, 2.45) is 0 Å². The molecule has 3 heteroatoms. The highest BCUT2D eigenvalue weighted by Gasteiger charge is 2.50. The minimum Gasteiger partial charge on any atom is -0.208 e. The molecule has 11 rings (SSSR count). The molecule has 0 atom stereocenters. The standard InChI is InChI=1S/C48H29N3/c1-3-13-32(14-4-1)45-49-46(33-15-5-2-6-16-33)51-47(50-45)38-21-8-7-19-35(38)34-27-28-37-36-20-9-10-22-39(36)48(42(37)29-34)40-23-11-17-30-25-26-31-18-12-24-41(48)44(31)43(30)40/h1-29H. The third-order valence-electron chi connectivity index (χ3n) is 10.9. The lowest BCUT2D eigenvalue weighted by atomic mass is 9.70. The van der Waals surface area contributed by atoms with Crippen LogP contribution in [0.5, 0.6) is 0 Å². The number of benzene rings is 8. The van der Waals surface area contributed by atoms with Gasteiger partial charge >= 0.3 is 0 Å². The van der Waals surface area contributed by atoms with Crippen LogP contribution in [0.4, 0.5) is 0 Å². The fraction of sp³-hybridized carbons (Fsp3) is 0.0208. The number of rotatable bonds is 4. The zero-order chi connectivity index (χ0) is 33.5. The zero-order valence-corrected chi connectivity index (χ0v) is 27.6. The lowest BCUT2D eigenvalue weighted by Crippen LogP contribution is -2.26. The summed E-state index contributed by atoms with van der Waals surface area (Å²) in [6, 6.07) is 63.1. The Bertz CT molecular complexity index is 2740. The molecule has 9 aromatic rings. The van der Waals surface area contributed by atoms with Crippen molar-refractivity contribution >= 4 is 21.5 Å². The molecule has 1 aromatic heterocycles. The van der Waals surface area contributed by atoms with Gasteiger partial charge in [0.2, 0.25) is 0 Å². The molecule has 236 valence electrons. The van der Waals surface area contributed by atoms with Gasteiger partial charge in [-0.25, -0.2) is 15.0 Å². The Morgan fingerprint density at radius 3 is 1.41 bits per heavy atom. The van der Waals surface area contributed by atoms with Crippen molar-refractivity contribution in [1.82, 2.24) is 15.0 Å². The predicted molar refractivity (Wildman–Crippen MR) is 207 cm³/mol. The molecule has 0 saturated carbocycles. The van der Waals surface area contributed by atoms with E-state index in [0.29, 0.717) is 17.5 Å². The van der Waals surface area contributed by atoms with Crippen molar-refractivity contribution in [3.8, 4) is 56.4 Å². The maximum atomic E-state index is 5.12. The summed E-state index contributed by atoms with van der Waals surface area (Å²) in [7, 11) is 0. The molecule has 0 N–H and O–H groups in total. The van der Waals surface area contributed by atoms with E-state index in [1.54, 1.807) is 0 Å². The molecule has 0 amide bonds. The number of hydrogen-bond donors (Lipinski definition) is 0. The van der Waals surface area contributed by atoms with Gasteiger partial charge in [0.05, 0.1) is 5.41 Å². The largest absolute Gasteiger partial charge is 0.208 e. The average molecular weight is 648 g/mol. The maximum absolute atomic E-state index is 5.12. The molecule has 1 heterocycles. The quantitative estimate of drug-likeness (QED) is 0.178. The van der Waals surface area contributed by atoms with Gasteiger partial charge in [0, 0.05) is 16.7 Å². The van der Waals surface area contributed by atoms with Crippen molar-refractivity contribution in [2.75, 3.05) is 0 Å². The molecular weight excluding hydrogens is 619 g/mol. The minimum atomic E-state index is -0.423. The van der Waals surface area contributed by atoms with Crippen LogP contribution >= 0.6 is 0 Å². The summed E-state index contributed by atoms with van der Waals surface area (Å²) in [5.74, 6) is 1.96. The van der Waals surface area contributed by atoms with Crippen LogP contribution in [-0.4, -0.2) is 15.0 Å². The van der Waals surface area contributed by atoms with Gasteiger partial charge < -0.3 is 0 Å². The zero-order valence-electron chi connectivity index (χ0n) is 27.6. The number of aromatic nitrogens is 3. The normalized spacial score (nSPS) is 13.3. The highest BCUT2D eigenvalue weighted by molar-refractivity contribution is 6.17. The smallest absolute Gasteiger partial charge is 0.164 e. The second kappa shape index (κ2) is 10.6. The lowest BCUT2D eigenvalue weighted by molar-refractivity contribution is 0.797. The molecule has 0 fully saturated rings. The van der Waals surface area contributed by atoms with Gasteiger partial charge in [-0.1, -0.05) is 170 Å². The Hall–Kier alpha value is -6.71. The summed E-state index contributed by atoms with van der Waals surface area (Å²) >= 11 is 0. The predicted octanol–water partition coefficient (Wildman–Crippen LogP) is 11.5. The summed E-state index contributed by atoms with van der Waals surface area (Å²) in [6.45, 7) is 0. The van der Waals surface area contributed by atoms with Crippen LogP contribution < -0.4 is 0 Å². The minimum absolute atomic E-state index is 0.423. The van der Waals surface area contributed by atoms with E-state index in [1.165, 1.54) is 54.9 Å². The van der Waals surface area contributed by atoms with Gasteiger partial charge in [-0.15, -0.1) is 0 Å². The van der Waals surface area contributed by atoms with Crippen molar-refractivity contribution in [3.05, 3.63) is 198 Å². The van der Waals surface area contributed by atoms with Crippen LogP contribution in [0.1, 0.15) is 22.3 Å². The monoisotopic (exact) mass is 647 g/mol. The fourth-order valence-corrected chi connectivity index (χ4v) is 8.81. The van der Waals surface area contributed by atoms with Gasteiger partial charge in [0.15, 0.2) is 17.5 Å². The van der Waals surface area contributed by atoms with E-state index < -0.39 is 5.41 Å². The molecule has 8 aromatic carbocycles. The first-order chi connectivity index (χ1) is 25.3. The summed E-state index contributed by atoms with van der Waals surface area (Å²) in [6.07, 6.45) is 0. The van der Waals surface area contributed by atoms with E-state index in [2.05, 4.69) is 140 Å². The van der Waals surface area contributed by atoms with Gasteiger partial charge in [0.1, 0.15) is 0 Å². The Balaban J connectivity index is 1.16. The molecule has 0 unspecified atom stereocenters. The van der Waals surface area contributed by atoms with Crippen LogP contribution in [0, 0.1) is 0 Å². The topological polar surface area (TPSA) is 38.7 Å². The molecule has 0 saturated heterocycles. The molecule has 1 spiro atoms. The summed E-state index contributed by atoms with van der Waals surface area (Å²) in [5.41, 5.74) is 12.6. The molecule has 3 nitrogen and oxygen atoms in total. The van der Waals surface area contributed by atoms with Crippen molar-refractivity contribution in [2.45, 2.75) is 5.41 Å². The highest BCUT2D eigenvalue weighted by Crippen LogP contribution is 2.62. The summed E-state index contributed by atoms with van der Waals surface area (Å²) in [4.78, 5) is 15.2. The van der Waals surface area contributed by atoms with Crippen LogP contribution in [0.15, 0.2) is 176 Å². The van der Waals surface area contributed by atoms with Crippen molar-refractivity contribution < 1.29 is 0 Å². The lowest BCUT2D eigenvalue weighted by Gasteiger charge is -2.31. The average Bonchev–Trinajstić information content (AvgIpc) is 3.68. The first kappa shape index (κ1) is 28.2. The first-order valence-corrected chi connectivity index (χ1v) is 17.5. The van der Waals surface area contributed by atoms with Gasteiger partial charge in [-0.2, -0.15) is 0 Å². The van der Waals surface area contributed by atoms with E-state index >= 15 is 0 Å². The molecule has 2 aliphatic carbocycles. The van der Waals surface area contributed by atoms with E-state index in [4.69, 9.17) is 15.0 Å². The van der Waals surface area contributed by atoms with Crippen LogP contribution in [0.25, 0.3) is 78.0 Å². The maximum Gasteiger partial charge on any atom is 0.164 e. The van der Waals surface area contributed by atoms with E-state index in [0.717, 1.165) is 27.8 Å². The SMILES string of the molecule is c1ccc(-c2nc(-c3ccccc3)nc(-c3ccccc3-c3ccc4c(c3)C3(c5ccccc5-4)c4cccc5ccc6cccc3c6c45)n2)cc1. The van der Waals surface area contributed by atoms with Gasteiger partial charge in [-0.05, 0) is 72.1 Å². The van der Waals surface area contributed by atoms with Crippen LogP contribution in [0.3, 0.4) is 0 Å². The third kappa shape index (κ3) is 3.92. The molecule has 51 heavy (non-hydrogen) atoms. The Morgan fingerprint density at radius 1 is 0.294 bits per heavy atom. The molecule has 0 radical (unpaired) electrons. The summed E-state index contributed by atoms with van der Waals surface area (Å²) < 4.78 is 0. The third-order valence-corrected chi connectivity index (χ3v) is 10.9. The van der Waals surface area contributed by atoms with Gasteiger partial charge in [-0.3, -0.25) is 0 Å². The number of fused-ring (bicyclic) bond motifs is 7. The first-order valence-electron chi connectivity index (χ1n) is 17.5.